The first kappa shape index (κ1) is 35.0. The van der Waals surface area contributed by atoms with Crippen molar-refractivity contribution in [3.05, 3.63) is 84.3 Å². The SMILES string of the molecule is CN(C[C@@H]1CCCN(c2c(NC(=O)c3cncc(-c4ccnnc4)n3)ccc(Oc3ccccc3F)c2C(F)(F)F)C1)C(=O)OC(C)(C)C. The van der Waals surface area contributed by atoms with E-state index in [1.807, 2.05) is 0 Å². The van der Waals surface area contributed by atoms with Gasteiger partial charge in [0.1, 0.15) is 22.6 Å². The molecule has 1 atom stereocenters. The van der Waals surface area contributed by atoms with Gasteiger partial charge in [0, 0.05) is 32.2 Å². The maximum atomic E-state index is 15.1. The molecule has 1 N–H and O–H groups in total. The van der Waals surface area contributed by atoms with E-state index in [9.17, 15) is 14.0 Å². The number of ether oxygens (including phenoxy) is 2. The molecule has 0 radical (unpaired) electrons. The summed E-state index contributed by atoms with van der Waals surface area (Å²) in [6, 6.07) is 9.06. The van der Waals surface area contributed by atoms with Gasteiger partial charge in [0.2, 0.25) is 0 Å². The van der Waals surface area contributed by atoms with Gasteiger partial charge in [0.25, 0.3) is 5.91 Å². The molecular formula is C34H35F4N7O4. The van der Waals surface area contributed by atoms with Crippen molar-refractivity contribution in [2.24, 2.45) is 5.92 Å². The van der Waals surface area contributed by atoms with Gasteiger partial charge in [-0.05, 0) is 69.9 Å². The Morgan fingerprint density at radius 2 is 1.80 bits per heavy atom. The van der Waals surface area contributed by atoms with Crippen LogP contribution < -0.4 is 15.0 Å². The summed E-state index contributed by atoms with van der Waals surface area (Å²) in [5.74, 6) is -2.95. The number of benzene rings is 2. The molecule has 1 fully saturated rings. The fraction of sp³-hybridized carbons (Fsp3) is 0.353. The van der Waals surface area contributed by atoms with Gasteiger partial charge in [-0.3, -0.25) is 9.78 Å². The Morgan fingerprint density at radius 1 is 1.02 bits per heavy atom. The summed E-state index contributed by atoms with van der Waals surface area (Å²) < 4.78 is 70.9. The lowest BCUT2D eigenvalue weighted by Crippen LogP contribution is -2.43. The highest BCUT2D eigenvalue weighted by Crippen LogP contribution is 2.48. The van der Waals surface area contributed by atoms with Crippen LogP contribution in [0.5, 0.6) is 11.5 Å². The highest BCUT2D eigenvalue weighted by Gasteiger charge is 2.42. The Labute approximate surface area is 280 Å². The summed E-state index contributed by atoms with van der Waals surface area (Å²) in [6.45, 7) is 5.74. The van der Waals surface area contributed by atoms with Crippen molar-refractivity contribution in [1.82, 2.24) is 25.1 Å². The van der Waals surface area contributed by atoms with Crippen LogP contribution in [-0.2, 0) is 10.9 Å². The molecule has 4 aromatic rings. The number of hydrogen-bond acceptors (Lipinski definition) is 9. The topological polar surface area (TPSA) is 123 Å². The minimum absolute atomic E-state index is 0.104. The van der Waals surface area contributed by atoms with Gasteiger partial charge in [-0.1, -0.05) is 12.1 Å². The molecule has 11 nitrogen and oxygen atoms in total. The number of hydrogen-bond donors (Lipinski definition) is 1. The number of anilines is 2. The lowest BCUT2D eigenvalue weighted by Gasteiger charge is -2.38. The van der Waals surface area contributed by atoms with Gasteiger partial charge in [-0.15, -0.1) is 0 Å². The van der Waals surface area contributed by atoms with Crippen LogP contribution in [0.4, 0.5) is 33.7 Å². The molecule has 1 aliphatic rings. The second-order valence-electron chi connectivity index (χ2n) is 12.6. The van der Waals surface area contributed by atoms with Gasteiger partial charge in [-0.2, -0.15) is 23.4 Å². The first-order valence-electron chi connectivity index (χ1n) is 15.5. The second-order valence-corrected chi connectivity index (χ2v) is 12.6. The maximum absolute atomic E-state index is 15.1. The molecule has 2 aromatic heterocycles. The van der Waals surface area contributed by atoms with E-state index in [0.29, 0.717) is 24.1 Å². The zero-order valence-electron chi connectivity index (χ0n) is 27.3. The normalized spacial score (nSPS) is 15.0. The minimum Gasteiger partial charge on any atom is -0.454 e. The largest absolute Gasteiger partial charge is 0.454 e. The molecule has 15 heteroatoms. The third-order valence-electron chi connectivity index (χ3n) is 7.55. The molecule has 0 unspecified atom stereocenters. The fourth-order valence-electron chi connectivity index (χ4n) is 5.47. The monoisotopic (exact) mass is 681 g/mol. The van der Waals surface area contributed by atoms with Gasteiger partial charge in [0.05, 0.1) is 41.9 Å². The lowest BCUT2D eigenvalue weighted by molar-refractivity contribution is -0.138. The van der Waals surface area contributed by atoms with Crippen molar-refractivity contribution < 1.29 is 36.6 Å². The molecule has 2 aromatic carbocycles. The summed E-state index contributed by atoms with van der Waals surface area (Å²) >= 11 is 0. The van der Waals surface area contributed by atoms with Crippen LogP contribution in [0.1, 0.15) is 49.7 Å². The first-order valence-corrected chi connectivity index (χ1v) is 15.5. The molecule has 5 rings (SSSR count). The number of carbonyl (C=O) groups is 2. The first-order chi connectivity index (χ1) is 23.2. The molecule has 49 heavy (non-hydrogen) atoms. The summed E-state index contributed by atoms with van der Waals surface area (Å²) in [6.07, 6.45) is 1.05. The van der Waals surface area contributed by atoms with Gasteiger partial charge in [-0.25, -0.2) is 14.2 Å². The van der Waals surface area contributed by atoms with Crippen molar-refractivity contribution in [1.29, 1.82) is 0 Å². The minimum atomic E-state index is -5.00. The molecular weight excluding hydrogens is 646 g/mol. The molecule has 0 spiro atoms. The molecule has 0 aliphatic carbocycles. The molecule has 1 saturated heterocycles. The van der Waals surface area contributed by atoms with Gasteiger partial charge < -0.3 is 24.6 Å². The average Bonchev–Trinajstić information content (AvgIpc) is 3.05. The predicted octanol–water partition coefficient (Wildman–Crippen LogP) is 7.22. The second kappa shape index (κ2) is 14.4. The smallest absolute Gasteiger partial charge is 0.422 e. The van der Waals surface area contributed by atoms with Gasteiger partial charge in [0.15, 0.2) is 11.6 Å². The summed E-state index contributed by atoms with van der Waals surface area (Å²) in [5, 5.41) is 10.1. The van der Waals surface area contributed by atoms with Crippen LogP contribution in [0.15, 0.2) is 67.3 Å². The van der Waals surface area contributed by atoms with Crippen molar-refractivity contribution in [2.45, 2.75) is 45.4 Å². The number of rotatable bonds is 8. The quantitative estimate of drug-likeness (QED) is 0.192. The Hall–Kier alpha value is -5.34. The number of alkyl halides is 3. The number of amides is 2. The zero-order chi connectivity index (χ0) is 35.3. The molecule has 1 aliphatic heterocycles. The number of piperidine rings is 1. The third-order valence-corrected chi connectivity index (χ3v) is 7.55. The van der Waals surface area contributed by atoms with Crippen LogP contribution in [-0.4, -0.2) is 69.3 Å². The van der Waals surface area contributed by atoms with E-state index in [1.165, 1.54) is 58.9 Å². The molecule has 2 amide bonds. The molecule has 0 bridgehead atoms. The molecule has 3 heterocycles. The van der Waals surface area contributed by atoms with Crippen LogP contribution in [0.3, 0.4) is 0 Å². The van der Waals surface area contributed by atoms with E-state index in [2.05, 4.69) is 25.5 Å². The predicted molar refractivity (Wildman–Crippen MR) is 173 cm³/mol. The van der Waals surface area contributed by atoms with Crippen LogP contribution >= 0.6 is 0 Å². The summed E-state index contributed by atoms with van der Waals surface area (Å²) in [4.78, 5) is 37.5. The van der Waals surface area contributed by atoms with E-state index in [0.717, 1.165) is 12.1 Å². The molecule has 0 saturated carbocycles. The van der Waals surface area contributed by atoms with E-state index < -0.39 is 46.7 Å². The van der Waals surface area contributed by atoms with Crippen LogP contribution in [0, 0.1) is 11.7 Å². The fourth-order valence-corrected chi connectivity index (χ4v) is 5.47. The Balaban J connectivity index is 1.53. The van der Waals surface area contributed by atoms with E-state index in [1.54, 1.807) is 33.9 Å². The number of nitrogens with zero attached hydrogens (tertiary/aromatic N) is 6. The van der Waals surface area contributed by atoms with E-state index >= 15 is 13.2 Å². The average molecular weight is 682 g/mol. The van der Waals surface area contributed by atoms with E-state index in [-0.39, 0.29) is 42.6 Å². The number of halogens is 4. The van der Waals surface area contributed by atoms with E-state index in [4.69, 9.17) is 9.47 Å². The number of para-hydroxylation sites is 1. The standard InChI is InChI=1S/C34H35F4N7O4/c1-33(2,3)49-32(47)44(4)19-21-8-7-15-45(20-21)30-24(43-31(46)26-18-39-17-25(42-26)22-13-14-40-41-16-22)11-12-28(29(30)34(36,37)38)48-27-10-6-5-9-23(27)35/h5-6,9-14,16-18,21H,7-8,15,19-20H2,1-4H3,(H,43,46)/t21-/m0/s1. The number of carbonyl (C=O) groups excluding carboxylic acids is 2. The summed E-state index contributed by atoms with van der Waals surface area (Å²) in [5.41, 5.74) is -1.77. The number of nitrogens with one attached hydrogen (secondary N) is 1. The number of aromatic nitrogens is 4. The van der Waals surface area contributed by atoms with Crippen molar-refractivity contribution >= 4 is 23.4 Å². The third kappa shape index (κ3) is 8.77. The summed E-state index contributed by atoms with van der Waals surface area (Å²) in [7, 11) is 1.57. The Kier molecular flexibility index (Phi) is 10.3. The maximum Gasteiger partial charge on any atom is 0.422 e. The Morgan fingerprint density at radius 3 is 2.49 bits per heavy atom. The van der Waals surface area contributed by atoms with Crippen molar-refractivity contribution in [2.75, 3.05) is 36.9 Å². The molecule has 258 valence electrons. The van der Waals surface area contributed by atoms with Crippen LogP contribution in [0.25, 0.3) is 11.3 Å². The highest BCUT2D eigenvalue weighted by molar-refractivity contribution is 6.05. The lowest BCUT2D eigenvalue weighted by atomic mass is 9.95. The Bertz CT molecular complexity index is 1800. The van der Waals surface area contributed by atoms with Crippen LogP contribution in [0.2, 0.25) is 0 Å². The highest BCUT2D eigenvalue weighted by atomic mass is 19.4. The van der Waals surface area contributed by atoms with Crippen molar-refractivity contribution in [3.8, 4) is 22.8 Å². The zero-order valence-corrected chi connectivity index (χ0v) is 27.3. The van der Waals surface area contributed by atoms with Gasteiger partial charge >= 0.3 is 12.3 Å². The van der Waals surface area contributed by atoms with Crippen molar-refractivity contribution in [3.63, 3.8) is 0 Å².